The standard InChI is InChI=1S/C12H19NO/c1-2-3-4-5-12(14)10-11-6-8-13-9-7-11/h6-9,12,14H,2-5,10H2,1H3. The first-order valence-corrected chi connectivity index (χ1v) is 5.40. The predicted molar refractivity (Wildman–Crippen MR) is 58.1 cm³/mol. The van der Waals surface area contributed by atoms with Crippen LogP contribution in [0.4, 0.5) is 0 Å². The number of hydrogen-bond acceptors (Lipinski definition) is 2. The molecule has 1 N–H and O–H groups in total. The van der Waals surface area contributed by atoms with Gasteiger partial charge in [0.05, 0.1) is 6.10 Å². The molecule has 0 saturated carbocycles. The van der Waals surface area contributed by atoms with E-state index in [2.05, 4.69) is 11.9 Å². The van der Waals surface area contributed by atoms with Crippen LogP contribution in [0.15, 0.2) is 24.5 Å². The summed E-state index contributed by atoms with van der Waals surface area (Å²) in [7, 11) is 0. The Hall–Kier alpha value is -0.890. The van der Waals surface area contributed by atoms with Crippen LogP contribution in [0.3, 0.4) is 0 Å². The Morgan fingerprint density at radius 2 is 2.00 bits per heavy atom. The molecule has 0 aliphatic heterocycles. The second-order valence-electron chi connectivity index (χ2n) is 3.71. The van der Waals surface area contributed by atoms with Crippen molar-refractivity contribution in [3.8, 4) is 0 Å². The number of pyridine rings is 1. The van der Waals surface area contributed by atoms with Gasteiger partial charge in [0.1, 0.15) is 0 Å². The van der Waals surface area contributed by atoms with E-state index in [0.717, 1.165) is 19.3 Å². The molecule has 1 aromatic heterocycles. The summed E-state index contributed by atoms with van der Waals surface area (Å²) in [6, 6.07) is 3.92. The van der Waals surface area contributed by atoms with E-state index in [-0.39, 0.29) is 6.10 Å². The zero-order valence-electron chi connectivity index (χ0n) is 8.82. The first-order valence-electron chi connectivity index (χ1n) is 5.40. The van der Waals surface area contributed by atoms with Gasteiger partial charge in [-0.3, -0.25) is 4.98 Å². The number of aliphatic hydroxyl groups is 1. The van der Waals surface area contributed by atoms with Crippen molar-refractivity contribution in [3.05, 3.63) is 30.1 Å². The second-order valence-corrected chi connectivity index (χ2v) is 3.71. The van der Waals surface area contributed by atoms with Crippen molar-refractivity contribution in [1.82, 2.24) is 4.98 Å². The molecular weight excluding hydrogens is 174 g/mol. The highest BCUT2D eigenvalue weighted by Gasteiger charge is 2.04. The van der Waals surface area contributed by atoms with Crippen LogP contribution in [-0.4, -0.2) is 16.2 Å². The summed E-state index contributed by atoms with van der Waals surface area (Å²) < 4.78 is 0. The number of rotatable bonds is 6. The summed E-state index contributed by atoms with van der Waals surface area (Å²) >= 11 is 0. The molecule has 0 aliphatic carbocycles. The molecule has 1 atom stereocenters. The Bertz CT molecular complexity index is 235. The normalized spacial score (nSPS) is 12.7. The molecule has 1 heterocycles. The summed E-state index contributed by atoms with van der Waals surface area (Å²) in [5, 5.41) is 9.71. The average molecular weight is 193 g/mol. The molecule has 78 valence electrons. The number of aliphatic hydroxyl groups excluding tert-OH is 1. The van der Waals surface area contributed by atoms with Crippen molar-refractivity contribution in [2.45, 2.75) is 45.1 Å². The third-order valence-electron chi connectivity index (χ3n) is 2.36. The van der Waals surface area contributed by atoms with Crippen LogP contribution in [0, 0.1) is 0 Å². The number of hydrogen-bond donors (Lipinski definition) is 1. The minimum absolute atomic E-state index is 0.191. The molecule has 0 radical (unpaired) electrons. The minimum Gasteiger partial charge on any atom is -0.393 e. The van der Waals surface area contributed by atoms with Crippen LogP contribution >= 0.6 is 0 Å². The molecule has 0 aromatic carbocycles. The lowest BCUT2D eigenvalue weighted by atomic mass is 10.0. The maximum Gasteiger partial charge on any atom is 0.0580 e. The van der Waals surface area contributed by atoms with Gasteiger partial charge in [0.2, 0.25) is 0 Å². The van der Waals surface area contributed by atoms with Gasteiger partial charge in [0.15, 0.2) is 0 Å². The average Bonchev–Trinajstić information content (AvgIpc) is 2.20. The van der Waals surface area contributed by atoms with Crippen molar-refractivity contribution in [2.24, 2.45) is 0 Å². The zero-order valence-corrected chi connectivity index (χ0v) is 8.82. The summed E-state index contributed by atoms with van der Waals surface area (Å²) in [5.41, 5.74) is 1.17. The Kier molecular flexibility index (Phi) is 5.23. The lowest BCUT2D eigenvalue weighted by Crippen LogP contribution is -2.10. The molecular formula is C12H19NO. The van der Waals surface area contributed by atoms with Gasteiger partial charge in [0.25, 0.3) is 0 Å². The first-order chi connectivity index (χ1) is 6.83. The Labute approximate surface area is 86.0 Å². The Morgan fingerprint density at radius 3 is 2.64 bits per heavy atom. The fraction of sp³-hybridized carbons (Fsp3) is 0.583. The molecule has 2 nitrogen and oxygen atoms in total. The third-order valence-corrected chi connectivity index (χ3v) is 2.36. The minimum atomic E-state index is -0.191. The monoisotopic (exact) mass is 193 g/mol. The van der Waals surface area contributed by atoms with Crippen molar-refractivity contribution in [1.29, 1.82) is 0 Å². The summed E-state index contributed by atoms with van der Waals surface area (Å²) in [6.45, 7) is 2.18. The molecule has 2 heteroatoms. The van der Waals surface area contributed by atoms with Gasteiger partial charge in [0, 0.05) is 12.4 Å². The van der Waals surface area contributed by atoms with Gasteiger partial charge < -0.3 is 5.11 Å². The molecule has 0 bridgehead atoms. The van der Waals surface area contributed by atoms with E-state index in [1.54, 1.807) is 12.4 Å². The molecule has 0 fully saturated rings. The molecule has 0 saturated heterocycles. The van der Waals surface area contributed by atoms with Gasteiger partial charge >= 0.3 is 0 Å². The first kappa shape index (κ1) is 11.2. The lowest BCUT2D eigenvalue weighted by Gasteiger charge is -2.09. The van der Waals surface area contributed by atoms with E-state index in [1.807, 2.05) is 12.1 Å². The van der Waals surface area contributed by atoms with Gasteiger partial charge in [-0.05, 0) is 30.5 Å². The van der Waals surface area contributed by atoms with Crippen molar-refractivity contribution in [3.63, 3.8) is 0 Å². The van der Waals surface area contributed by atoms with E-state index in [1.165, 1.54) is 18.4 Å². The van der Waals surface area contributed by atoms with Gasteiger partial charge in [-0.1, -0.05) is 26.2 Å². The largest absolute Gasteiger partial charge is 0.393 e. The summed E-state index contributed by atoms with van der Waals surface area (Å²) in [4.78, 5) is 3.95. The lowest BCUT2D eigenvalue weighted by molar-refractivity contribution is 0.161. The number of aromatic nitrogens is 1. The zero-order chi connectivity index (χ0) is 10.2. The van der Waals surface area contributed by atoms with E-state index in [0.29, 0.717) is 0 Å². The maximum atomic E-state index is 9.71. The van der Waals surface area contributed by atoms with Crippen molar-refractivity contribution >= 4 is 0 Å². The van der Waals surface area contributed by atoms with Crippen LogP contribution in [0.2, 0.25) is 0 Å². The molecule has 1 unspecified atom stereocenters. The Morgan fingerprint density at radius 1 is 1.29 bits per heavy atom. The van der Waals surface area contributed by atoms with E-state index < -0.39 is 0 Å². The highest BCUT2D eigenvalue weighted by Crippen LogP contribution is 2.08. The number of unbranched alkanes of at least 4 members (excludes halogenated alkanes) is 2. The van der Waals surface area contributed by atoms with Gasteiger partial charge in [-0.15, -0.1) is 0 Å². The Balaban J connectivity index is 2.23. The smallest absolute Gasteiger partial charge is 0.0580 e. The topological polar surface area (TPSA) is 33.1 Å². The van der Waals surface area contributed by atoms with Crippen molar-refractivity contribution in [2.75, 3.05) is 0 Å². The highest BCUT2D eigenvalue weighted by molar-refractivity contribution is 5.10. The SMILES string of the molecule is CCCCCC(O)Cc1ccncc1. The van der Waals surface area contributed by atoms with Gasteiger partial charge in [-0.25, -0.2) is 0 Å². The van der Waals surface area contributed by atoms with Crippen LogP contribution < -0.4 is 0 Å². The number of nitrogens with zero attached hydrogens (tertiary/aromatic N) is 1. The van der Waals surface area contributed by atoms with Crippen LogP contribution in [0.1, 0.15) is 38.2 Å². The third kappa shape index (κ3) is 4.38. The predicted octanol–water partition coefficient (Wildman–Crippen LogP) is 2.57. The van der Waals surface area contributed by atoms with E-state index in [9.17, 15) is 5.11 Å². The molecule has 1 rings (SSSR count). The van der Waals surface area contributed by atoms with Crippen LogP contribution in [0.5, 0.6) is 0 Å². The van der Waals surface area contributed by atoms with E-state index in [4.69, 9.17) is 0 Å². The van der Waals surface area contributed by atoms with Crippen LogP contribution in [0.25, 0.3) is 0 Å². The molecule has 0 aliphatic rings. The van der Waals surface area contributed by atoms with E-state index >= 15 is 0 Å². The molecule has 0 spiro atoms. The fourth-order valence-electron chi connectivity index (χ4n) is 1.52. The molecule has 14 heavy (non-hydrogen) atoms. The molecule has 0 amide bonds. The summed E-state index contributed by atoms with van der Waals surface area (Å²) in [6.07, 6.45) is 8.58. The van der Waals surface area contributed by atoms with Gasteiger partial charge in [-0.2, -0.15) is 0 Å². The van der Waals surface area contributed by atoms with Crippen LogP contribution in [-0.2, 0) is 6.42 Å². The summed E-state index contributed by atoms with van der Waals surface area (Å²) in [5.74, 6) is 0. The molecule has 1 aromatic rings. The highest BCUT2D eigenvalue weighted by atomic mass is 16.3. The quantitative estimate of drug-likeness (QED) is 0.704. The second kappa shape index (κ2) is 6.55. The fourth-order valence-corrected chi connectivity index (χ4v) is 1.52. The maximum absolute atomic E-state index is 9.71. The van der Waals surface area contributed by atoms with Crippen molar-refractivity contribution < 1.29 is 5.11 Å².